The predicted molar refractivity (Wildman–Crippen MR) is 79.3 cm³/mol. The maximum Gasteiger partial charge on any atom is 0.500 e. The molecule has 4 nitrogen and oxygen atoms in total. The highest BCUT2D eigenvalue weighted by molar-refractivity contribution is 6.74. The summed E-state index contributed by atoms with van der Waals surface area (Å²) in [6.45, 7) is 7.42. The van der Waals surface area contributed by atoms with Crippen LogP contribution in [0, 0.1) is 0 Å². The van der Waals surface area contributed by atoms with Crippen LogP contribution in [0.25, 0.3) is 0 Å². The second-order valence-electron chi connectivity index (χ2n) is 5.66. The van der Waals surface area contributed by atoms with Crippen LogP contribution in [0.3, 0.4) is 0 Å². The van der Waals surface area contributed by atoms with Crippen molar-refractivity contribution in [3.63, 3.8) is 0 Å². The standard InChI is InChI=1S/C12H29NO3Si2/c1-14-18(15-2,16-3)12-8-10-13-9-6-7-11-17(13,4)5/h6-12H2,1-5H3. The zero-order valence-electron chi connectivity index (χ0n) is 12.6. The third-order valence-corrected chi connectivity index (χ3v) is 10.7. The lowest BCUT2D eigenvalue weighted by molar-refractivity contribution is 0.122. The molecular formula is C12H29NO3Si2. The van der Waals surface area contributed by atoms with Gasteiger partial charge in [-0.2, -0.15) is 0 Å². The minimum absolute atomic E-state index is 0.914. The zero-order valence-corrected chi connectivity index (χ0v) is 14.6. The summed E-state index contributed by atoms with van der Waals surface area (Å²) in [5, 5.41) is 0. The molecule has 0 unspecified atom stereocenters. The molecule has 0 spiro atoms. The highest BCUT2D eigenvalue weighted by Gasteiger charge is 2.38. The summed E-state index contributed by atoms with van der Waals surface area (Å²) >= 11 is 0. The van der Waals surface area contributed by atoms with Gasteiger partial charge in [0.05, 0.1) is 0 Å². The molecule has 0 aromatic carbocycles. The van der Waals surface area contributed by atoms with E-state index in [1.165, 1.54) is 32.0 Å². The summed E-state index contributed by atoms with van der Waals surface area (Å²) in [5.41, 5.74) is 0. The third-order valence-electron chi connectivity index (χ3n) is 4.17. The van der Waals surface area contributed by atoms with Crippen molar-refractivity contribution < 1.29 is 13.3 Å². The van der Waals surface area contributed by atoms with Gasteiger partial charge in [-0.25, -0.2) is 0 Å². The van der Waals surface area contributed by atoms with E-state index in [1.54, 1.807) is 21.3 Å². The molecule has 1 saturated heterocycles. The lowest BCUT2D eigenvalue weighted by Crippen LogP contribution is -2.52. The van der Waals surface area contributed by atoms with E-state index in [2.05, 4.69) is 17.7 Å². The Morgan fingerprint density at radius 3 is 2.17 bits per heavy atom. The Hall–Kier alpha value is 0.274. The van der Waals surface area contributed by atoms with E-state index < -0.39 is 17.0 Å². The van der Waals surface area contributed by atoms with Gasteiger partial charge in [-0.1, -0.05) is 19.5 Å². The Labute approximate surface area is 114 Å². The van der Waals surface area contributed by atoms with Crippen LogP contribution in [0.5, 0.6) is 0 Å². The van der Waals surface area contributed by atoms with Gasteiger partial charge < -0.3 is 17.8 Å². The Kier molecular flexibility index (Phi) is 6.50. The molecule has 18 heavy (non-hydrogen) atoms. The SMILES string of the molecule is CO[Si](CCCN1CCCC[Si]1(C)C)(OC)OC. The van der Waals surface area contributed by atoms with E-state index in [9.17, 15) is 0 Å². The van der Waals surface area contributed by atoms with Gasteiger partial charge in [0.25, 0.3) is 0 Å². The van der Waals surface area contributed by atoms with Gasteiger partial charge in [-0.3, -0.25) is 0 Å². The van der Waals surface area contributed by atoms with Crippen LogP contribution in [-0.4, -0.2) is 56.0 Å². The maximum absolute atomic E-state index is 5.46. The van der Waals surface area contributed by atoms with Crippen molar-refractivity contribution in [2.45, 2.75) is 44.4 Å². The Balaban J connectivity index is 2.40. The molecule has 0 aliphatic carbocycles. The summed E-state index contributed by atoms with van der Waals surface area (Å²) in [6.07, 6.45) is 3.89. The van der Waals surface area contributed by atoms with Crippen molar-refractivity contribution in [2.24, 2.45) is 0 Å². The fourth-order valence-electron chi connectivity index (χ4n) is 2.78. The average molecular weight is 292 g/mol. The Bertz CT molecular complexity index is 239. The van der Waals surface area contributed by atoms with E-state index in [1.807, 2.05) is 0 Å². The third kappa shape index (κ3) is 4.14. The van der Waals surface area contributed by atoms with Gasteiger partial charge in [0.15, 0.2) is 0 Å². The van der Waals surface area contributed by atoms with Crippen molar-refractivity contribution >= 4 is 17.0 Å². The van der Waals surface area contributed by atoms with Gasteiger partial charge in [0.1, 0.15) is 8.24 Å². The van der Waals surface area contributed by atoms with Crippen LogP contribution in [-0.2, 0) is 13.3 Å². The predicted octanol–water partition coefficient (Wildman–Crippen LogP) is 2.56. The number of nitrogens with zero attached hydrogens (tertiary/aromatic N) is 1. The molecule has 0 aromatic rings. The molecule has 1 aliphatic rings. The molecule has 6 heteroatoms. The van der Waals surface area contributed by atoms with Gasteiger partial charge in [-0.05, 0) is 32.0 Å². The Morgan fingerprint density at radius 2 is 1.67 bits per heavy atom. The molecule has 0 radical (unpaired) electrons. The molecule has 0 saturated carbocycles. The van der Waals surface area contributed by atoms with Gasteiger partial charge in [0.2, 0.25) is 0 Å². The van der Waals surface area contributed by atoms with Crippen molar-refractivity contribution in [3.8, 4) is 0 Å². The lowest BCUT2D eigenvalue weighted by Gasteiger charge is -2.41. The second kappa shape index (κ2) is 7.16. The first-order valence-corrected chi connectivity index (χ1v) is 12.0. The molecular weight excluding hydrogens is 262 g/mol. The van der Waals surface area contributed by atoms with Gasteiger partial charge in [-0.15, -0.1) is 0 Å². The quantitative estimate of drug-likeness (QED) is 0.675. The van der Waals surface area contributed by atoms with Gasteiger partial charge >= 0.3 is 8.80 Å². The van der Waals surface area contributed by atoms with Crippen molar-refractivity contribution in [1.82, 2.24) is 4.57 Å². The maximum atomic E-state index is 5.46. The van der Waals surface area contributed by atoms with E-state index in [-0.39, 0.29) is 0 Å². The molecule has 0 aromatic heterocycles. The van der Waals surface area contributed by atoms with Crippen molar-refractivity contribution in [1.29, 1.82) is 0 Å². The smallest absolute Gasteiger partial charge is 0.377 e. The van der Waals surface area contributed by atoms with E-state index in [4.69, 9.17) is 13.3 Å². The fourth-order valence-corrected chi connectivity index (χ4v) is 7.44. The highest BCUT2D eigenvalue weighted by Crippen LogP contribution is 2.25. The molecule has 0 bridgehead atoms. The molecule has 0 atom stereocenters. The van der Waals surface area contributed by atoms with Crippen molar-refractivity contribution in [3.05, 3.63) is 0 Å². The zero-order chi connectivity index (χ0) is 13.6. The van der Waals surface area contributed by atoms with Gasteiger partial charge in [0, 0.05) is 27.4 Å². The molecule has 0 amide bonds. The minimum atomic E-state index is -2.36. The first-order valence-electron chi connectivity index (χ1n) is 6.90. The first kappa shape index (κ1) is 16.3. The Morgan fingerprint density at radius 1 is 1.06 bits per heavy atom. The molecule has 1 heterocycles. The van der Waals surface area contributed by atoms with E-state index >= 15 is 0 Å². The van der Waals surface area contributed by atoms with Crippen LogP contribution in [0.2, 0.25) is 25.2 Å². The van der Waals surface area contributed by atoms with Crippen LogP contribution in [0.4, 0.5) is 0 Å². The van der Waals surface area contributed by atoms with Crippen LogP contribution in [0.1, 0.15) is 19.3 Å². The number of hydrogen-bond donors (Lipinski definition) is 0. The molecule has 1 fully saturated rings. The molecule has 108 valence electrons. The summed E-state index contributed by atoms with van der Waals surface area (Å²) < 4.78 is 19.1. The summed E-state index contributed by atoms with van der Waals surface area (Å²) in [5.74, 6) is 0. The molecule has 0 N–H and O–H groups in total. The monoisotopic (exact) mass is 291 g/mol. The minimum Gasteiger partial charge on any atom is -0.377 e. The topological polar surface area (TPSA) is 30.9 Å². The average Bonchev–Trinajstić information content (AvgIpc) is 2.37. The number of hydrogen-bond acceptors (Lipinski definition) is 4. The first-order chi connectivity index (χ1) is 8.49. The summed E-state index contributed by atoms with van der Waals surface area (Å²) in [6, 6.07) is 2.35. The largest absolute Gasteiger partial charge is 0.500 e. The van der Waals surface area contributed by atoms with Crippen LogP contribution < -0.4 is 0 Å². The van der Waals surface area contributed by atoms with Crippen molar-refractivity contribution in [2.75, 3.05) is 34.4 Å². The highest BCUT2D eigenvalue weighted by atomic mass is 28.4. The molecule has 1 rings (SSSR count). The number of rotatable bonds is 7. The summed E-state index contributed by atoms with van der Waals surface area (Å²) in [7, 11) is 1.60. The molecule has 1 aliphatic heterocycles. The van der Waals surface area contributed by atoms with E-state index in [0.717, 1.165) is 12.5 Å². The van der Waals surface area contributed by atoms with Crippen LogP contribution in [0.15, 0.2) is 0 Å². The normalized spacial score (nSPS) is 21.2. The lowest BCUT2D eigenvalue weighted by atomic mass is 10.3. The van der Waals surface area contributed by atoms with Crippen LogP contribution >= 0.6 is 0 Å². The fraction of sp³-hybridized carbons (Fsp3) is 1.00. The summed E-state index contributed by atoms with van der Waals surface area (Å²) in [4.78, 5) is 0. The van der Waals surface area contributed by atoms with E-state index in [0.29, 0.717) is 0 Å². The second-order valence-corrected chi connectivity index (χ2v) is 13.5.